The molecule has 1 saturated carbocycles. The molecule has 1 N–H and O–H groups in total. The standard InChI is InChI=1S/C27H29FN2O2S/c1-2-19-8-3-6-12-24(19)30(25(31)18-23-11-7-17-33-23)26(20-13-15-21(28)16-14-20)27(32)29-22-9-4-5-10-22/h3,6-8,11-17,22,26H,2,4-5,9-10,18H2,1H3,(H,29,32)/t26-/m1/s1. The molecule has 3 aromatic rings. The number of hydrogen-bond donors (Lipinski definition) is 1. The molecule has 1 atom stereocenters. The lowest BCUT2D eigenvalue weighted by atomic mass is 9.99. The maximum Gasteiger partial charge on any atom is 0.248 e. The topological polar surface area (TPSA) is 49.4 Å². The number of thiophene rings is 1. The monoisotopic (exact) mass is 464 g/mol. The summed E-state index contributed by atoms with van der Waals surface area (Å²) in [6.45, 7) is 2.03. The van der Waals surface area contributed by atoms with Crippen molar-refractivity contribution in [1.29, 1.82) is 0 Å². The van der Waals surface area contributed by atoms with Crippen molar-refractivity contribution < 1.29 is 14.0 Å². The van der Waals surface area contributed by atoms with Crippen LogP contribution in [0.1, 0.15) is 54.7 Å². The minimum Gasteiger partial charge on any atom is -0.351 e. The quantitative estimate of drug-likeness (QED) is 0.456. The molecule has 172 valence electrons. The van der Waals surface area contributed by atoms with E-state index in [4.69, 9.17) is 0 Å². The van der Waals surface area contributed by atoms with Gasteiger partial charge in [-0.2, -0.15) is 0 Å². The summed E-state index contributed by atoms with van der Waals surface area (Å²) in [6.07, 6.45) is 4.98. The first-order valence-electron chi connectivity index (χ1n) is 11.5. The van der Waals surface area contributed by atoms with Crippen molar-refractivity contribution in [3.8, 4) is 0 Å². The van der Waals surface area contributed by atoms with Gasteiger partial charge < -0.3 is 5.32 Å². The first-order chi connectivity index (χ1) is 16.1. The summed E-state index contributed by atoms with van der Waals surface area (Å²) >= 11 is 1.52. The lowest BCUT2D eigenvalue weighted by molar-refractivity contribution is -0.127. The van der Waals surface area contributed by atoms with Crippen LogP contribution in [0.25, 0.3) is 0 Å². The molecule has 1 heterocycles. The van der Waals surface area contributed by atoms with Crippen LogP contribution in [0, 0.1) is 5.82 Å². The van der Waals surface area contributed by atoms with E-state index in [0.717, 1.165) is 48.2 Å². The van der Waals surface area contributed by atoms with Crippen LogP contribution in [0.2, 0.25) is 0 Å². The Labute approximate surface area is 198 Å². The van der Waals surface area contributed by atoms with E-state index in [-0.39, 0.29) is 30.1 Å². The molecule has 0 bridgehead atoms. The summed E-state index contributed by atoms with van der Waals surface area (Å²) in [4.78, 5) is 30.0. The van der Waals surface area contributed by atoms with E-state index >= 15 is 0 Å². The third-order valence-electron chi connectivity index (χ3n) is 6.20. The number of rotatable bonds is 8. The van der Waals surface area contributed by atoms with Gasteiger partial charge in [-0.05, 0) is 60.0 Å². The average molecular weight is 465 g/mol. The van der Waals surface area contributed by atoms with E-state index in [1.165, 1.54) is 23.5 Å². The minimum atomic E-state index is -0.883. The number of nitrogens with one attached hydrogen (secondary N) is 1. The van der Waals surface area contributed by atoms with E-state index in [1.54, 1.807) is 17.0 Å². The third kappa shape index (κ3) is 5.50. The zero-order valence-electron chi connectivity index (χ0n) is 18.8. The molecule has 6 heteroatoms. The highest BCUT2D eigenvalue weighted by atomic mass is 32.1. The number of hydrogen-bond acceptors (Lipinski definition) is 3. The Balaban J connectivity index is 1.79. The molecule has 1 aliphatic rings. The van der Waals surface area contributed by atoms with Gasteiger partial charge in [-0.15, -0.1) is 11.3 Å². The van der Waals surface area contributed by atoms with Gasteiger partial charge in [-0.1, -0.05) is 56.2 Å². The summed E-state index contributed by atoms with van der Waals surface area (Å²) in [7, 11) is 0. The van der Waals surface area contributed by atoms with Gasteiger partial charge in [0.05, 0.1) is 6.42 Å². The molecule has 0 radical (unpaired) electrons. The van der Waals surface area contributed by atoms with Crippen LogP contribution in [0.3, 0.4) is 0 Å². The van der Waals surface area contributed by atoms with Crippen LogP contribution >= 0.6 is 11.3 Å². The molecule has 33 heavy (non-hydrogen) atoms. The maximum absolute atomic E-state index is 13.8. The van der Waals surface area contributed by atoms with Crippen LogP contribution in [0.15, 0.2) is 66.0 Å². The summed E-state index contributed by atoms with van der Waals surface area (Å²) in [5.41, 5.74) is 2.30. The van der Waals surface area contributed by atoms with Gasteiger partial charge in [0.25, 0.3) is 0 Å². The number of amides is 2. The molecule has 4 rings (SSSR count). The van der Waals surface area contributed by atoms with Gasteiger partial charge in [-0.25, -0.2) is 4.39 Å². The van der Waals surface area contributed by atoms with Gasteiger partial charge in [0, 0.05) is 16.6 Å². The van der Waals surface area contributed by atoms with Gasteiger partial charge in [-0.3, -0.25) is 14.5 Å². The van der Waals surface area contributed by atoms with Crippen LogP contribution in [-0.4, -0.2) is 17.9 Å². The SMILES string of the molecule is CCc1ccccc1N(C(=O)Cc1cccs1)[C@@H](C(=O)NC1CCCC1)c1ccc(F)cc1. The van der Waals surface area contributed by atoms with E-state index in [9.17, 15) is 14.0 Å². The van der Waals surface area contributed by atoms with Crippen LogP contribution < -0.4 is 10.2 Å². The van der Waals surface area contributed by atoms with Crippen molar-refractivity contribution in [2.24, 2.45) is 0 Å². The number of aryl methyl sites for hydroxylation is 1. The number of carbonyl (C=O) groups excluding carboxylic acids is 2. The summed E-state index contributed by atoms with van der Waals surface area (Å²) < 4.78 is 13.8. The number of carbonyl (C=O) groups is 2. The fourth-order valence-corrected chi connectivity index (χ4v) is 5.22. The van der Waals surface area contributed by atoms with Crippen LogP contribution in [-0.2, 0) is 22.4 Å². The second-order valence-electron chi connectivity index (χ2n) is 8.45. The normalized spacial score (nSPS) is 14.7. The molecule has 4 nitrogen and oxygen atoms in total. The predicted octanol–water partition coefficient (Wildman–Crippen LogP) is 5.83. The predicted molar refractivity (Wildman–Crippen MR) is 131 cm³/mol. The fourth-order valence-electron chi connectivity index (χ4n) is 4.52. The van der Waals surface area contributed by atoms with Crippen molar-refractivity contribution >= 4 is 28.8 Å². The van der Waals surface area contributed by atoms with Crippen molar-refractivity contribution in [2.75, 3.05) is 4.90 Å². The number of halogens is 1. The Bertz CT molecular complexity index is 1080. The number of para-hydroxylation sites is 1. The van der Waals surface area contributed by atoms with Gasteiger partial charge in [0.15, 0.2) is 0 Å². The lowest BCUT2D eigenvalue weighted by Gasteiger charge is -2.33. The highest BCUT2D eigenvalue weighted by Gasteiger charge is 2.35. The Morgan fingerprint density at radius 3 is 2.45 bits per heavy atom. The van der Waals surface area contributed by atoms with E-state index < -0.39 is 6.04 Å². The molecule has 2 aromatic carbocycles. The van der Waals surface area contributed by atoms with Gasteiger partial charge in [0.1, 0.15) is 11.9 Å². The molecular formula is C27H29FN2O2S. The van der Waals surface area contributed by atoms with Crippen LogP contribution in [0.4, 0.5) is 10.1 Å². The Kier molecular flexibility index (Phi) is 7.55. The van der Waals surface area contributed by atoms with Crippen molar-refractivity contribution in [1.82, 2.24) is 5.32 Å². The lowest BCUT2D eigenvalue weighted by Crippen LogP contribution is -2.47. The number of anilines is 1. The molecule has 2 amide bonds. The maximum atomic E-state index is 13.8. The third-order valence-corrected chi connectivity index (χ3v) is 7.08. The first-order valence-corrected chi connectivity index (χ1v) is 12.4. The van der Waals surface area contributed by atoms with Crippen molar-refractivity contribution in [2.45, 2.75) is 57.5 Å². The smallest absolute Gasteiger partial charge is 0.248 e. The molecule has 0 aliphatic heterocycles. The summed E-state index contributed by atoms with van der Waals surface area (Å²) in [6, 6.07) is 16.7. The average Bonchev–Trinajstić information content (AvgIpc) is 3.52. The first kappa shape index (κ1) is 23.2. The van der Waals surface area contributed by atoms with E-state index in [1.807, 2.05) is 48.7 Å². The molecule has 1 aromatic heterocycles. The highest BCUT2D eigenvalue weighted by Crippen LogP contribution is 2.33. The minimum absolute atomic E-state index is 0.108. The van der Waals surface area contributed by atoms with Gasteiger partial charge >= 0.3 is 0 Å². The van der Waals surface area contributed by atoms with Crippen molar-refractivity contribution in [3.05, 3.63) is 87.9 Å². The molecule has 0 unspecified atom stereocenters. The molecule has 1 aliphatic carbocycles. The van der Waals surface area contributed by atoms with E-state index in [2.05, 4.69) is 5.32 Å². The number of benzene rings is 2. The van der Waals surface area contributed by atoms with Crippen LogP contribution in [0.5, 0.6) is 0 Å². The second-order valence-corrected chi connectivity index (χ2v) is 9.48. The van der Waals surface area contributed by atoms with Crippen molar-refractivity contribution in [3.63, 3.8) is 0 Å². The Morgan fingerprint density at radius 2 is 1.79 bits per heavy atom. The highest BCUT2D eigenvalue weighted by molar-refractivity contribution is 7.10. The summed E-state index contributed by atoms with van der Waals surface area (Å²) in [5, 5.41) is 5.11. The fraction of sp³-hybridized carbons (Fsp3) is 0.333. The molecule has 0 saturated heterocycles. The molecule has 1 fully saturated rings. The number of nitrogens with zero attached hydrogens (tertiary/aromatic N) is 1. The molecule has 0 spiro atoms. The Hall–Kier alpha value is -2.99. The zero-order valence-corrected chi connectivity index (χ0v) is 19.6. The van der Waals surface area contributed by atoms with Gasteiger partial charge in [0.2, 0.25) is 11.8 Å². The largest absolute Gasteiger partial charge is 0.351 e. The summed E-state index contributed by atoms with van der Waals surface area (Å²) in [5.74, 6) is -0.757. The van der Waals surface area contributed by atoms with E-state index in [0.29, 0.717) is 5.56 Å². The Morgan fingerprint density at radius 1 is 1.06 bits per heavy atom. The zero-order chi connectivity index (χ0) is 23.2. The second kappa shape index (κ2) is 10.8. The molecular weight excluding hydrogens is 435 g/mol.